The lowest BCUT2D eigenvalue weighted by Gasteiger charge is -2.27. The monoisotopic (exact) mass is 311 g/mol. The summed E-state index contributed by atoms with van der Waals surface area (Å²) in [6.45, 7) is 9.27. The number of aryl methyl sites for hydroxylation is 2. The number of benzene rings is 2. The van der Waals surface area contributed by atoms with E-state index in [0.29, 0.717) is 6.61 Å². The fourth-order valence-corrected chi connectivity index (χ4v) is 2.44. The van der Waals surface area contributed by atoms with Crippen LogP contribution < -0.4 is 10.5 Å². The summed E-state index contributed by atoms with van der Waals surface area (Å²) in [6, 6.07) is 16.9. The molecule has 2 aromatic carbocycles. The van der Waals surface area contributed by atoms with E-state index in [1.165, 1.54) is 16.7 Å². The van der Waals surface area contributed by atoms with Gasteiger partial charge in [0.25, 0.3) is 0 Å². The molecule has 23 heavy (non-hydrogen) atoms. The van der Waals surface area contributed by atoms with Crippen LogP contribution in [-0.2, 0) is 13.0 Å². The van der Waals surface area contributed by atoms with Crippen molar-refractivity contribution in [2.24, 2.45) is 11.1 Å². The molecule has 0 saturated carbocycles. The Bertz CT molecular complexity index is 610. The maximum atomic E-state index is 6.29. The molecule has 2 N–H and O–H groups in total. The predicted octanol–water partition coefficient (Wildman–Crippen LogP) is 4.88. The van der Waals surface area contributed by atoms with Crippen LogP contribution in [0.1, 0.15) is 43.9 Å². The molecular weight excluding hydrogens is 282 g/mol. The summed E-state index contributed by atoms with van der Waals surface area (Å²) in [6.07, 6.45) is 1.91. The predicted molar refractivity (Wildman–Crippen MR) is 97.7 cm³/mol. The second kappa shape index (κ2) is 7.65. The van der Waals surface area contributed by atoms with Crippen molar-refractivity contribution >= 4 is 0 Å². The molecule has 0 spiro atoms. The van der Waals surface area contributed by atoms with Crippen molar-refractivity contribution in [3.8, 4) is 5.75 Å². The zero-order valence-electron chi connectivity index (χ0n) is 14.8. The summed E-state index contributed by atoms with van der Waals surface area (Å²) in [5.74, 6) is 0.967. The molecule has 0 aromatic heterocycles. The number of hydrogen-bond acceptors (Lipinski definition) is 2. The van der Waals surface area contributed by atoms with Gasteiger partial charge >= 0.3 is 0 Å². The van der Waals surface area contributed by atoms with E-state index in [9.17, 15) is 0 Å². The van der Waals surface area contributed by atoms with Crippen molar-refractivity contribution in [1.29, 1.82) is 0 Å². The van der Waals surface area contributed by atoms with Gasteiger partial charge in [0.1, 0.15) is 12.4 Å². The molecule has 2 heteroatoms. The highest BCUT2D eigenvalue weighted by Crippen LogP contribution is 2.25. The fourth-order valence-electron chi connectivity index (χ4n) is 2.44. The van der Waals surface area contributed by atoms with Gasteiger partial charge in [0.05, 0.1) is 0 Å². The zero-order valence-corrected chi connectivity index (χ0v) is 14.8. The minimum atomic E-state index is 0.137. The summed E-state index contributed by atoms with van der Waals surface area (Å²) < 4.78 is 6.04. The van der Waals surface area contributed by atoms with Gasteiger partial charge in [0, 0.05) is 6.04 Å². The summed E-state index contributed by atoms with van der Waals surface area (Å²) in [5, 5.41) is 0. The third-order valence-corrected chi connectivity index (χ3v) is 4.32. The molecule has 0 heterocycles. The third kappa shape index (κ3) is 5.40. The Balaban J connectivity index is 1.98. The molecule has 0 radical (unpaired) electrons. The van der Waals surface area contributed by atoms with Crippen molar-refractivity contribution in [3.63, 3.8) is 0 Å². The highest BCUT2D eigenvalue weighted by atomic mass is 16.5. The lowest BCUT2D eigenvalue weighted by Crippen LogP contribution is -2.35. The molecule has 124 valence electrons. The molecular formula is C21H29NO. The van der Waals surface area contributed by atoms with Crippen LogP contribution >= 0.6 is 0 Å². The van der Waals surface area contributed by atoms with E-state index in [0.717, 1.165) is 18.6 Å². The zero-order chi connectivity index (χ0) is 16.9. The summed E-state index contributed by atoms with van der Waals surface area (Å²) in [7, 11) is 0. The van der Waals surface area contributed by atoms with Gasteiger partial charge in [0.2, 0.25) is 0 Å². The number of ether oxygens (including phenoxy) is 1. The first kappa shape index (κ1) is 17.6. The minimum Gasteiger partial charge on any atom is -0.489 e. The molecule has 1 unspecified atom stereocenters. The van der Waals surface area contributed by atoms with Crippen LogP contribution in [0.4, 0.5) is 0 Å². The van der Waals surface area contributed by atoms with Crippen LogP contribution in [0.3, 0.4) is 0 Å². The van der Waals surface area contributed by atoms with Crippen LogP contribution in [0, 0.1) is 12.3 Å². The van der Waals surface area contributed by atoms with E-state index in [1.54, 1.807) is 0 Å². The van der Waals surface area contributed by atoms with Gasteiger partial charge in [-0.1, -0.05) is 68.8 Å². The first-order valence-electron chi connectivity index (χ1n) is 8.38. The highest BCUT2D eigenvalue weighted by molar-refractivity contribution is 5.34. The van der Waals surface area contributed by atoms with E-state index in [-0.39, 0.29) is 11.5 Å². The van der Waals surface area contributed by atoms with Crippen LogP contribution in [-0.4, -0.2) is 6.04 Å². The van der Waals surface area contributed by atoms with E-state index < -0.39 is 0 Å². The highest BCUT2D eigenvalue weighted by Gasteiger charge is 2.20. The molecule has 2 nitrogen and oxygen atoms in total. The maximum Gasteiger partial charge on any atom is 0.122 e. The van der Waals surface area contributed by atoms with Crippen LogP contribution in [0.5, 0.6) is 5.75 Å². The van der Waals surface area contributed by atoms with Gasteiger partial charge in [-0.05, 0) is 42.4 Å². The fraction of sp³-hybridized carbons (Fsp3) is 0.429. The molecule has 0 aliphatic carbocycles. The minimum absolute atomic E-state index is 0.137. The summed E-state index contributed by atoms with van der Waals surface area (Å²) in [5.41, 5.74) is 10.1. The number of rotatable bonds is 6. The molecule has 0 bridgehead atoms. The topological polar surface area (TPSA) is 35.2 Å². The van der Waals surface area contributed by atoms with Crippen molar-refractivity contribution in [2.45, 2.75) is 53.2 Å². The SMILES string of the molecule is Cc1ccc(COc2ccccc2CCC(N)C(C)(C)C)cc1. The Hall–Kier alpha value is -1.80. The lowest BCUT2D eigenvalue weighted by molar-refractivity contribution is 0.293. The normalized spacial score (nSPS) is 12.9. The Labute approximate surface area is 140 Å². The second-order valence-corrected chi connectivity index (χ2v) is 7.39. The first-order chi connectivity index (χ1) is 10.9. The molecule has 2 rings (SSSR count). The maximum absolute atomic E-state index is 6.29. The van der Waals surface area contributed by atoms with Crippen LogP contribution in [0.25, 0.3) is 0 Å². The average Bonchev–Trinajstić information content (AvgIpc) is 2.52. The van der Waals surface area contributed by atoms with Gasteiger partial charge < -0.3 is 10.5 Å². The molecule has 0 fully saturated rings. The van der Waals surface area contributed by atoms with Gasteiger partial charge in [-0.3, -0.25) is 0 Å². The molecule has 0 amide bonds. The van der Waals surface area contributed by atoms with Crippen molar-refractivity contribution < 1.29 is 4.74 Å². The van der Waals surface area contributed by atoms with Gasteiger partial charge in [0.15, 0.2) is 0 Å². The Morgan fingerprint density at radius 2 is 1.65 bits per heavy atom. The van der Waals surface area contributed by atoms with E-state index in [1.807, 2.05) is 12.1 Å². The van der Waals surface area contributed by atoms with Crippen molar-refractivity contribution in [3.05, 3.63) is 65.2 Å². The quantitative estimate of drug-likeness (QED) is 0.825. The summed E-state index contributed by atoms with van der Waals surface area (Å²) in [4.78, 5) is 0. The van der Waals surface area contributed by atoms with Crippen molar-refractivity contribution in [2.75, 3.05) is 0 Å². The standard InChI is InChI=1S/C21H29NO/c1-16-9-11-17(12-10-16)15-23-19-8-6-5-7-18(19)13-14-20(22)21(2,3)4/h5-12,20H,13-15,22H2,1-4H3. The Morgan fingerprint density at radius 3 is 2.30 bits per heavy atom. The number of nitrogens with two attached hydrogens (primary N) is 1. The van der Waals surface area contributed by atoms with Gasteiger partial charge in [-0.2, -0.15) is 0 Å². The van der Waals surface area contributed by atoms with Crippen LogP contribution in [0.15, 0.2) is 48.5 Å². The molecule has 0 saturated heterocycles. The first-order valence-corrected chi connectivity index (χ1v) is 8.38. The van der Waals surface area contributed by atoms with Gasteiger partial charge in [-0.25, -0.2) is 0 Å². The summed E-state index contributed by atoms with van der Waals surface area (Å²) >= 11 is 0. The van der Waals surface area contributed by atoms with E-state index in [4.69, 9.17) is 10.5 Å². The molecule has 0 aliphatic rings. The Morgan fingerprint density at radius 1 is 1.00 bits per heavy atom. The number of para-hydroxylation sites is 1. The van der Waals surface area contributed by atoms with Gasteiger partial charge in [-0.15, -0.1) is 0 Å². The molecule has 0 aliphatic heterocycles. The molecule has 2 aromatic rings. The Kier molecular flexibility index (Phi) is 5.84. The average molecular weight is 311 g/mol. The van der Waals surface area contributed by atoms with E-state index >= 15 is 0 Å². The van der Waals surface area contributed by atoms with E-state index in [2.05, 4.69) is 64.1 Å². The second-order valence-electron chi connectivity index (χ2n) is 7.39. The van der Waals surface area contributed by atoms with Crippen molar-refractivity contribution in [1.82, 2.24) is 0 Å². The van der Waals surface area contributed by atoms with Crippen LogP contribution in [0.2, 0.25) is 0 Å². The molecule has 1 atom stereocenters. The largest absolute Gasteiger partial charge is 0.489 e. The number of hydrogen-bond donors (Lipinski definition) is 1. The lowest BCUT2D eigenvalue weighted by atomic mass is 9.84. The third-order valence-electron chi connectivity index (χ3n) is 4.32. The smallest absolute Gasteiger partial charge is 0.122 e.